The minimum atomic E-state index is -0.501. The van der Waals surface area contributed by atoms with Crippen molar-refractivity contribution in [1.82, 2.24) is 15.1 Å². The first-order valence-electron chi connectivity index (χ1n) is 11.4. The number of hydrogen-bond donors (Lipinski definition) is 1. The average molecular weight is 448 g/mol. The first-order valence-corrected chi connectivity index (χ1v) is 11.4. The molecule has 8 heteroatoms. The monoisotopic (exact) mass is 447 g/mol. The second-order valence-electron chi connectivity index (χ2n) is 9.43. The van der Waals surface area contributed by atoms with Gasteiger partial charge in [0.05, 0.1) is 33.5 Å². The lowest BCUT2D eigenvalue weighted by molar-refractivity contribution is -0.144. The van der Waals surface area contributed by atoms with Gasteiger partial charge >= 0.3 is 0 Å². The minimum absolute atomic E-state index is 0.0276. The van der Waals surface area contributed by atoms with Crippen molar-refractivity contribution in [2.24, 2.45) is 5.41 Å². The summed E-state index contributed by atoms with van der Waals surface area (Å²) in [4.78, 5) is 30.0. The fourth-order valence-corrected chi connectivity index (χ4v) is 4.44. The Morgan fingerprint density at radius 1 is 1.12 bits per heavy atom. The lowest BCUT2D eigenvalue weighted by Crippen LogP contribution is -2.51. The number of rotatable bonds is 7. The van der Waals surface area contributed by atoms with E-state index in [9.17, 15) is 9.59 Å². The Hall–Kier alpha value is -2.32. The van der Waals surface area contributed by atoms with E-state index in [0.29, 0.717) is 44.2 Å². The van der Waals surface area contributed by atoms with Gasteiger partial charge in [-0.05, 0) is 30.5 Å². The van der Waals surface area contributed by atoms with Gasteiger partial charge in [-0.3, -0.25) is 14.5 Å². The number of morpholine rings is 1. The van der Waals surface area contributed by atoms with Crippen molar-refractivity contribution in [3.8, 4) is 11.5 Å². The molecule has 1 N–H and O–H groups in total. The lowest BCUT2D eigenvalue weighted by Gasteiger charge is -2.36. The third-order valence-electron chi connectivity index (χ3n) is 6.21. The summed E-state index contributed by atoms with van der Waals surface area (Å²) in [5, 5.41) is 3.14. The maximum atomic E-state index is 13.1. The molecule has 0 aliphatic carbocycles. The summed E-state index contributed by atoms with van der Waals surface area (Å²) >= 11 is 0. The van der Waals surface area contributed by atoms with E-state index in [1.54, 1.807) is 19.1 Å². The second-order valence-corrected chi connectivity index (χ2v) is 9.43. The maximum absolute atomic E-state index is 13.1. The summed E-state index contributed by atoms with van der Waals surface area (Å²) in [6.07, 6.45) is 1.55. The van der Waals surface area contributed by atoms with Crippen LogP contribution in [-0.4, -0.2) is 81.3 Å². The van der Waals surface area contributed by atoms with Gasteiger partial charge in [0.25, 0.3) is 0 Å². The largest absolute Gasteiger partial charge is 0.493 e. The number of methoxy groups -OCH3 is 2. The molecule has 178 valence electrons. The van der Waals surface area contributed by atoms with Gasteiger partial charge in [-0.2, -0.15) is 0 Å². The molecule has 2 aliphatic heterocycles. The van der Waals surface area contributed by atoms with Crippen LogP contribution in [0.25, 0.3) is 0 Å². The summed E-state index contributed by atoms with van der Waals surface area (Å²) in [6.45, 7) is 9.66. The van der Waals surface area contributed by atoms with Crippen LogP contribution in [-0.2, 0) is 14.3 Å². The standard InChI is InChI=1S/C24H37N3O5/c1-24(2,3)23(29)27-10-6-7-18(27)22(28)25-16-19(26-11-13-32-14-12-26)17-8-9-20(30-4)21(15-17)31-5/h8-9,15,18-19H,6-7,10-14,16H2,1-5H3,(H,25,28). The quantitative estimate of drug-likeness (QED) is 0.691. The minimum Gasteiger partial charge on any atom is -0.493 e. The van der Waals surface area contributed by atoms with Crippen LogP contribution in [0.3, 0.4) is 0 Å². The summed E-state index contributed by atoms with van der Waals surface area (Å²) in [5.74, 6) is 1.27. The van der Waals surface area contributed by atoms with Crippen molar-refractivity contribution >= 4 is 11.8 Å². The summed E-state index contributed by atoms with van der Waals surface area (Å²) in [6, 6.07) is 5.44. The molecule has 2 unspecified atom stereocenters. The topological polar surface area (TPSA) is 80.3 Å². The third kappa shape index (κ3) is 5.53. The van der Waals surface area contributed by atoms with Gasteiger partial charge in [-0.25, -0.2) is 0 Å². The molecular formula is C24H37N3O5. The van der Waals surface area contributed by atoms with Gasteiger partial charge in [0, 0.05) is 31.6 Å². The number of amides is 2. The number of likely N-dealkylation sites (tertiary alicyclic amines) is 1. The Balaban J connectivity index is 1.75. The fourth-order valence-electron chi connectivity index (χ4n) is 4.44. The molecule has 0 aromatic heterocycles. The Morgan fingerprint density at radius 3 is 2.44 bits per heavy atom. The third-order valence-corrected chi connectivity index (χ3v) is 6.21. The zero-order chi connectivity index (χ0) is 23.3. The molecule has 3 rings (SSSR count). The predicted octanol–water partition coefficient (Wildman–Crippen LogP) is 2.23. The molecule has 2 fully saturated rings. The number of hydrogen-bond acceptors (Lipinski definition) is 6. The van der Waals surface area contributed by atoms with E-state index < -0.39 is 11.5 Å². The van der Waals surface area contributed by atoms with Crippen LogP contribution in [0.5, 0.6) is 11.5 Å². The van der Waals surface area contributed by atoms with Crippen LogP contribution in [0.2, 0.25) is 0 Å². The first-order chi connectivity index (χ1) is 15.3. The SMILES string of the molecule is COc1ccc(C(CNC(=O)C2CCCN2C(=O)C(C)(C)C)N2CCOCC2)cc1OC. The normalized spacial score (nSPS) is 20.7. The Labute approximate surface area is 191 Å². The molecule has 2 atom stereocenters. The molecular weight excluding hydrogens is 410 g/mol. The van der Waals surface area contributed by atoms with Crippen LogP contribution in [0.1, 0.15) is 45.2 Å². The van der Waals surface area contributed by atoms with Crippen LogP contribution < -0.4 is 14.8 Å². The predicted molar refractivity (Wildman–Crippen MR) is 122 cm³/mol. The van der Waals surface area contributed by atoms with Gasteiger partial charge in [-0.15, -0.1) is 0 Å². The molecule has 2 heterocycles. The van der Waals surface area contributed by atoms with Crippen molar-refractivity contribution in [1.29, 1.82) is 0 Å². The fraction of sp³-hybridized carbons (Fsp3) is 0.667. The highest BCUT2D eigenvalue weighted by Crippen LogP contribution is 2.32. The molecule has 2 aliphatic rings. The Morgan fingerprint density at radius 2 is 1.81 bits per heavy atom. The second kappa shape index (κ2) is 10.5. The smallest absolute Gasteiger partial charge is 0.242 e. The van der Waals surface area contributed by atoms with E-state index in [0.717, 1.165) is 25.1 Å². The molecule has 8 nitrogen and oxygen atoms in total. The number of nitrogens with zero attached hydrogens (tertiary/aromatic N) is 2. The summed E-state index contributed by atoms with van der Waals surface area (Å²) in [5.41, 5.74) is 0.540. The highest BCUT2D eigenvalue weighted by atomic mass is 16.5. The maximum Gasteiger partial charge on any atom is 0.242 e. The number of nitrogens with one attached hydrogen (secondary N) is 1. The molecule has 2 saturated heterocycles. The molecule has 1 aromatic rings. The first kappa shape index (κ1) is 24.3. The van der Waals surface area contributed by atoms with Crippen LogP contribution in [0, 0.1) is 5.41 Å². The summed E-state index contributed by atoms with van der Waals surface area (Å²) < 4.78 is 16.4. The lowest BCUT2D eigenvalue weighted by atomic mass is 9.94. The molecule has 0 spiro atoms. The summed E-state index contributed by atoms with van der Waals surface area (Å²) in [7, 11) is 3.23. The van der Waals surface area contributed by atoms with Crippen molar-refractivity contribution < 1.29 is 23.8 Å². The van der Waals surface area contributed by atoms with Gasteiger partial charge in [0.1, 0.15) is 6.04 Å². The van der Waals surface area contributed by atoms with E-state index >= 15 is 0 Å². The molecule has 2 amide bonds. The van der Waals surface area contributed by atoms with E-state index in [-0.39, 0.29) is 17.9 Å². The zero-order valence-corrected chi connectivity index (χ0v) is 20.0. The van der Waals surface area contributed by atoms with Crippen molar-refractivity contribution in [2.75, 3.05) is 53.6 Å². The highest BCUT2D eigenvalue weighted by Gasteiger charge is 2.38. The average Bonchev–Trinajstić information content (AvgIpc) is 3.28. The van der Waals surface area contributed by atoms with Crippen LogP contribution in [0.4, 0.5) is 0 Å². The number of carbonyl (C=O) groups excluding carboxylic acids is 2. The molecule has 0 saturated carbocycles. The highest BCUT2D eigenvalue weighted by molar-refractivity contribution is 5.90. The van der Waals surface area contributed by atoms with Crippen LogP contribution >= 0.6 is 0 Å². The Kier molecular flexibility index (Phi) is 8.00. The van der Waals surface area contributed by atoms with Gasteiger partial charge < -0.3 is 24.4 Å². The molecule has 0 radical (unpaired) electrons. The van der Waals surface area contributed by atoms with Crippen LogP contribution in [0.15, 0.2) is 18.2 Å². The molecule has 1 aromatic carbocycles. The number of benzene rings is 1. The van der Waals surface area contributed by atoms with E-state index in [4.69, 9.17) is 14.2 Å². The number of ether oxygens (including phenoxy) is 3. The van der Waals surface area contributed by atoms with E-state index in [2.05, 4.69) is 10.2 Å². The van der Waals surface area contributed by atoms with Gasteiger partial charge in [-0.1, -0.05) is 26.8 Å². The van der Waals surface area contributed by atoms with Crippen molar-refractivity contribution in [3.63, 3.8) is 0 Å². The Bertz CT molecular complexity index is 801. The molecule has 0 bridgehead atoms. The van der Waals surface area contributed by atoms with E-state index in [1.807, 2.05) is 39.0 Å². The molecule has 32 heavy (non-hydrogen) atoms. The zero-order valence-electron chi connectivity index (χ0n) is 20.0. The van der Waals surface area contributed by atoms with Gasteiger partial charge in [0.2, 0.25) is 11.8 Å². The van der Waals surface area contributed by atoms with E-state index in [1.165, 1.54) is 0 Å². The van der Waals surface area contributed by atoms with Crippen molar-refractivity contribution in [2.45, 2.75) is 45.7 Å². The van der Waals surface area contributed by atoms with Crippen molar-refractivity contribution in [3.05, 3.63) is 23.8 Å². The number of carbonyl (C=O) groups is 2. The van der Waals surface area contributed by atoms with Gasteiger partial charge in [0.15, 0.2) is 11.5 Å².